The molecule has 4 heteroatoms. The molecule has 2 nitrogen and oxygen atoms in total. The van der Waals surface area contributed by atoms with Crippen LogP contribution >= 0.6 is 15.8 Å². The van der Waals surface area contributed by atoms with Crippen molar-refractivity contribution in [3.8, 4) is 0 Å². The summed E-state index contributed by atoms with van der Waals surface area (Å²) in [6, 6.07) is 60.4. The first-order valence-corrected chi connectivity index (χ1v) is 17.0. The summed E-state index contributed by atoms with van der Waals surface area (Å²) in [7, 11) is -1.42. The van der Waals surface area contributed by atoms with E-state index in [1.807, 2.05) is 12.4 Å². The fraction of sp³-hybridized carbons (Fsp3) is 0.0256. The normalized spacial score (nSPS) is 11.6. The van der Waals surface area contributed by atoms with Gasteiger partial charge >= 0.3 is 0 Å². The van der Waals surface area contributed by atoms with Gasteiger partial charge in [0.25, 0.3) is 0 Å². The van der Waals surface area contributed by atoms with Gasteiger partial charge in [-0.25, -0.2) is 0 Å². The van der Waals surface area contributed by atoms with E-state index in [1.165, 1.54) is 31.8 Å². The molecular weight excluding hydrogens is 558 g/mol. The van der Waals surface area contributed by atoms with E-state index in [4.69, 9.17) is 9.98 Å². The first-order chi connectivity index (χ1) is 21.4. The number of hydrogen-bond acceptors (Lipinski definition) is 2. The zero-order valence-electron chi connectivity index (χ0n) is 23.8. The van der Waals surface area contributed by atoms with Crippen molar-refractivity contribution in [1.82, 2.24) is 0 Å². The topological polar surface area (TPSA) is 24.7 Å². The van der Waals surface area contributed by atoms with Crippen LogP contribution in [0.2, 0.25) is 0 Å². The van der Waals surface area contributed by atoms with E-state index in [9.17, 15) is 0 Å². The Morgan fingerprint density at radius 1 is 0.349 bits per heavy atom. The van der Waals surface area contributed by atoms with Crippen LogP contribution in [0.5, 0.6) is 0 Å². The molecule has 0 saturated heterocycles. The van der Waals surface area contributed by atoms with Crippen molar-refractivity contribution in [2.45, 2.75) is 0 Å². The van der Waals surface area contributed by atoms with Crippen molar-refractivity contribution in [2.75, 3.05) is 6.67 Å². The molecule has 0 bridgehead atoms. The number of benzene rings is 6. The minimum atomic E-state index is -0.711. The molecule has 0 aliphatic carbocycles. The summed E-state index contributed by atoms with van der Waals surface area (Å²) in [6.45, 7) is 0.367. The minimum Gasteiger partial charge on any atom is -0.269 e. The lowest BCUT2D eigenvalue weighted by Gasteiger charge is -2.21. The molecule has 0 N–H and O–H groups in total. The summed E-state index contributed by atoms with van der Waals surface area (Å²) in [5.41, 5.74) is 2.27. The molecule has 6 aromatic rings. The summed E-state index contributed by atoms with van der Waals surface area (Å²) >= 11 is 0. The van der Waals surface area contributed by atoms with Crippen LogP contribution in [-0.4, -0.2) is 19.1 Å². The Labute approximate surface area is 257 Å². The van der Waals surface area contributed by atoms with E-state index < -0.39 is 15.8 Å². The highest BCUT2D eigenvalue weighted by Crippen LogP contribution is 2.34. The SMILES string of the molecule is C(=N\C/N=C/c1ccccc1P(c1ccccc1)c1ccccc1)/c1ccccc1P(c1ccccc1)c1ccccc1. The summed E-state index contributed by atoms with van der Waals surface area (Å²) < 4.78 is 0. The van der Waals surface area contributed by atoms with E-state index in [1.54, 1.807) is 0 Å². The molecule has 208 valence electrons. The lowest BCUT2D eigenvalue weighted by atomic mass is 10.2. The van der Waals surface area contributed by atoms with E-state index in [0.717, 1.165) is 11.1 Å². The quantitative estimate of drug-likeness (QED) is 0.125. The van der Waals surface area contributed by atoms with Crippen molar-refractivity contribution in [2.24, 2.45) is 9.98 Å². The molecule has 43 heavy (non-hydrogen) atoms. The summed E-state index contributed by atoms with van der Waals surface area (Å²) in [5.74, 6) is 0. The van der Waals surface area contributed by atoms with Gasteiger partial charge in [0.05, 0.1) is 0 Å². The van der Waals surface area contributed by atoms with E-state index in [-0.39, 0.29) is 0 Å². The van der Waals surface area contributed by atoms with E-state index in [0.29, 0.717) is 6.67 Å². The molecule has 0 aliphatic heterocycles. The van der Waals surface area contributed by atoms with E-state index in [2.05, 4.69) is 170 Å². The number of nitrogens with zero attached hydrogens (tertiary/aromatic N) is 2. The lowest BCUT2D eigenvalue weighted by Crippen LogP contribution is -2.23. The Balaban J connectivity index is 1.26. The third-order valence-corrected chi connectivity index (χ3v) is 12.1. The second-order valence-electron chi connectivity index (χ2n) is 9.90. The van der Waals surface area contributed by atoms with E-state index >= 15 is 0 Å². The third-order valence-electron chi connectivity index (χ3n) is 7.04. The molecule has 0 radical (unpaired) electrons. The van der Waals surface area contributed by atoms with Crippen LogP contribution < -0.4 is 31.8 Å². The van der Waals surface area contributed by atoms with Crippen LogP contribution in [0.1, 0.15) is 11.1 Å². The zero-order chi connectivity index (χ0) is 29.1. The molecule has 6 aromatic carbocycles. The van der Waals surface area contributed by atoms with Crippen LogP contribution in [0.4, 0.5) is 0 Å². The summed E-state index contributed by atoms with van der Waals surface area (Å²) in [4.78, 5) is 9.54. The fourth-order valence-electron chi connectivity index (χ4n) is 5.09. The fourth-order valence-corrected chi connectivity index (χ4v) is 9.93. The molecule has 0 heterocycles. The molecule has 0 aromatic heterocycles. The highest BCUT2D eigenvalue weighted by molar-refractivity contribution is 7.80. The average molecular weight is 591 g/mol. The summed E-state index contributed by atoms with van der Waals surface area (Å²) in [6.07, 6.45) is 3.97. The van der Waals surface area contributed by atoms with Gasteiger partial charge in [0.2, 0.25) is 0 Å². The van der Waals surface area contributed by atoms with Crippen LogP contribution in [0.3, 0.4) is 0 Å². The third kappa shape index (κ3) is 7.12. The lowest BCUT2D eigenvalue weighted by molar-refractivity contribution is 1.08. The maximum Gasteiger partial charge on any atom is 0.129 e. The van der Waals surface area contributed by atoms with Gasteiger partial charge in [-0.3, -0.25) is 9.98 Å². The average Bonchev–Trinajstić information content (AvgIpc) is 3.08. The largest absolute Gasteiger partial charge is 0.269 e. The molecule has 0 amide bonds. The Morgan fingerprint density at radius 2 is 0.628 bits per heavy atom. The minimum absolute atomic E-state index is 0.367. The van der Waals surface area contributed by atoms with Gasteiger partial charge in [-0.15, -0.1) is 0 Å². The molecule has 0 fully saturated rings. The molecule has 0 saturated carbocycles. The molecular formula is C39H32N2P2. The van der Waals surface area contributed by atoms with Crippen LogP contribution in [0.15, 0.2) is 180 Å². The summed E-state index contributed by atoms with van der Waals surface area (Å²) in [5, 5.41) is 7.90. The Bertz CT molecular complexity index is 1570. The second-order valence-corrected chi connectivity index (χ2v) is 14.3. The Hall–Kier alpha value is -4.48. The van der Waals surface area contributed by atoms with Gasteiger partial charge in [-0.1, -0.05) is 170 Å². The highest BCUT2D eigenvalue weighted by atomic mass is 31.1. The maximum atomic E-state index is 4.77. The maximum absolute atomic E-state index is 4.77. The first-order valence-electron chi connectivity index (χ1n) is 14.4. The molecule has 6 rings (SSSR count). The van der Waals surface area contributed by atoms with Gasteiger partial charge in [0.15, 0.2) is 0 Å². The van der Waals surface area contributed by atoms with Gasteiger partial charge in [-0.05, 0) is 47.7 Å². The van der Waals surface area contributed by atoms with Crippen molar-refractivity contribution < 1.29 is 0 Å². The highest BCUT2D eigenvalue weighted by Gasteiger charge is 2.19. The number of hydrogen-bond donors (Lipinski definition) is 0. The molecule has 0 aliphatic rings. The van der Waals surface area contributed by atoms with Crippen molar-refractivity contribution in [3.63, 3.8) is 0 Å². The standard InChI is InChI=1S/C39H32N2P2/c1-5-19-34(20-6-1)42(35-21-7-2-8-22-35)38-27-15-13-17-32(38)29-40-31-41-30-33-18-14-16-28-39(33)43(36-23-9-3-10-24-36)37-25-11-4-12-26-37/h1-30H,31H2/b40-29+,41-30+. The van der Waals surface area contributed by atoms with Crippen molar-refractivity contribution in [3.05, 3.63) is 181 Å². The second kappa shape index (κ2) is 14.6. The number of aliphatic imine (C=N–C) groups is 2. The Morgan fingerprint density at radius 3 is 0.953 bits per heavy atom. The van der Waals surface area contributed by atoms with Crippen LogP contribution in [-0.2, 0) is 0 Å². The van der Waals surface area contributed by atoms with Crippen LogP contribution in [0.25, 0.3) is 0 Å². The van der Waals surface area contributed by atoms with Crippen LogP contribution in [0, 0.1) is 0 Å². The first kappa shape index (κ1) is 28.6. The molecule has 0 unspecified atom stereocenters. The number of rotatable bonds is 10. The van der Waals surface area contributed by atoms with Gasteiger partial charge in [0, 0.05) is 23.6 Å². The van der Waals surface area contributed by atoms with Crippen molar-refractivity contribution >= 4 is 60.1 Å². The zero-order valence-corrected chi connectivity index (χ0v) is 25.6. The molecule has 0 spiro atoms. The Kier molecular flexibility index (Phi) is 9.73. The van der Waals surface area contributed by atoms with Gasteiger partial charge in [-0.2, -0.15) is 0 Å². The van der Waals surface area contributed by atoms with Crippen molar-refractivity contribution in [1.29, 1.82) is 0 Å². The predicted molar refractivity (Wildman–Crippen MR) is 190 cm³/mol. The predicted octanol–water partition coefficient (Wildman–Crippen LogP) is 6.70. The molecule has 0 atom stereocenters. The smallest absolute Gasteiger partial charge is 0.129 e. The monoisotopic (exact) mass is 590 g/mol. The van der Waals surface area contributed by atoms with Gasteiger partial charge in [0.1, 0.15) is 6.67 Å². The van der Waals surface area contributed by atoms with Gasteiger partial charge < -0.3 is 0 Å².